The van der Waals surface area contributed by atoms with Crippen LogP contribution in [0, 0.1) is 13.8 Å². The van der Waals surface area contributed by atoms with E-state index in [0.717, 1.165) is 21.7 Å². The van der Waals surface area contributed by atoms with Crippen molar-refractivity contribution in [3.8, 4) is 0 Å². The van der Waals surface area contributed by atoms with Crippen LogP contribution in [0.1, 0.15) is 11.1 Å². The van der Waals surface area contributed by atoms with Crippen LogP contribution in [0.5, 0.6) is 0 Å². The summed E-state index contributed by atoms with van der Waals surface area (Å²) in [7, 11) is 6.67. The molecule has 1 rings (SSSR count). The molecule has 7 heteroatoms. The Morgan fingerprint density at radius 2 is 1.68 bits per heavy atom. The molecule has 0 spiro atoms. The predicted octanol–water partition coefficient (Wildman–Crippen LogP) is -0.697. The van der Waals surface area contributed by atoms with Gasteiger partial charge in [-0.2, -0.15) is 0 Å². The Kier molecular flexibility index (Phi) is 7.57. The summed E-state index contributed by atoms with van der Waals surface area (Å²) < 4.78 is 0. The molecule has 1 atom stereocenters. The lowest BCUT2D eigenvalue weighted by Crippen LogP contribution is -3.11. The van der Waals surface area contributed by atoms with Crippen LogP contribution < -0.4 is 10.2 Å². The molecule has 1 aromatic rings. The van der Waals surface area contributed by atoms with Crippen molar-refractivity contribution in [2.75, 3.05) is 53.1 Å². The van der Waals surface area contributed by atoms with Crippen LogP contribution in [0.25, 0.3) is 0 Å². The fourth-order valence-electron chi connectivity index (χ4n) is 2.24. The standard InChI is InChI=1S/C18H28N4O3/c1-13-8-7-9-15(14(13)2)19-16(23)10-21(5)11-18(25)22(6)12-17(24)20(3)4/h7-9H,10-12H2,1-6H3,(H,19,23)/p+1. The van der Waals surface area contributed by atoms with Gasteiger partial charge < -0.3 is 20.0 Å². The van der Waals surface area contributed by atoms with Crippen LogP contribution in [0.3, 0.4) is 0 Å². The van der Waals surface area contributed by atoms with Crippen molar-refractivity contribution >= 4 is 23.4 Å². The zero-order chi connectivity index (χ0) is 19.1. The van der Waals surface area contributed by atoms with Crippen molar-refractivity contribution in [3.05, 3.63) is 29.3 Å². The highest BCUT2D eigenvalue weighted by atomic mass is 16.2. The van der Waals surface area contributed by atoms with Crippen LogP contribution >= 0.6 is 0 Å². The molecule has 138 valence electrons. The minimum absolute atomic E-state index is 0.0355. The van der Waals surface area contributed by atoms with E-state index in [4.69, 9.17) is 0 Å². The second-order valence-electron chi connectivity index (χ2n) is 6.64. The summed E-state index contributed by atoms with van der Waals surface area (Å²) in [6.45, 7) is 4.31. The Bertz CT molecular complexity index is 643. The molecular formula is C18H29N4O3+. The lowest BCUT2D eigenvalue weighted by molar-refractivity contribution is -0.862. The molecule has 0 fully saturated rings. The Morgan fingerprint density at radius 1 is 1.04 bits per heavy atom. The highest BCUT2D eigenvalue weighted by Crippen LogP contribution is 2.17. The van der Waals surface area contributed by atoms with E-state index in [9.17, 15) is 14.4 Å². The van der Waals surface area contributed by atoms with Crippen LogP contribution in [0.4, 0.5) is 5.69 Å². The molecule has 1 aromatic carbocycles. The van der Waals surface area contributed by atoms with E-state index in [1.807, 2.05) is 32.0 Å². The fraction of sp³-hybridized carbons (Fsp3) is 0.500. The zero-order valence-electron chi connectivity index (χ0n) is 16.0. The van der Waals surface area contributed by atoms with Crippen molar-refractivity contribution in [2.45, 2.75) is 13.8 Å². The SMILES string of the molecule is Cc1cccc(NC(=O)C[NH+](C)CC(=O)N(C)CC(=O)N(C)C)c1C. The average Bonchev–Trinajstić information content (AvgIpc) is 2.51. The van der Waals surface area contributed by atoms with Gasteiger partial charge in [0, 0.05) is 26.8 Å². The smallest absolute Gasteiger partial charge is 0.279 e. The van der Waals surface area contributed by atoms with Gasteiger partial charge in [0.25, 0.3) is 11.8 Å². The van der Waals surface area contributed by atoms with E-state index >= 15 is 0 Å². The summed E-state index contributed by atoms with van der Waals surface area (Å²) in [5.41, 5.74) is 2.94. The minimum Gasteiger partial charge on any atom is -0.347 e. The number of carbonyl (C=O) groups is 3. The first-order valence-electron chi connectivity index (χ1n) is 8.23. The second-order valence-corrected chi connectivity index (χ2v) is 6.64. The highest BCUT2D eigenvalue weighted by Gasteiger charge is 2.20. The number of nitrogens with one attached hydrogen (secondary N) is 2. The predicted molar refractivity (Wildman–Crippen MR) is 97.5 cm³/mol. The van der Waals surface area contributed by atoms with Gasteiger partial charge in [0.1, 0.15) is 0 Å². The number of carbonyl (C=O) groups excluding carboxylic acids is 3. The van der Waals surface area contributed by atoms with Crippen LogP contribution in [-0.4, -0.2) is 75.3 Å². The van der Waals surface area contributed by atoms with E-state index < -0.39 is 0 Å². The average molecular weight is 349 g/mol. The molecule has 0 radical (unpaired) electrons. The number of anilines is 1. The van der Waals surface area contributed by atoms with Crippen molar-refractivity contribution in [1.29, 1.82) is 0 Å². The van der Waals surface area contributed by atoms with E-state index in [1.165, 1.54) is 9.80 Å². The van der Waals surface area contributed by atoms with Crippen molar-refractivity contribution < 1.29 is 19.3 Å². The number of likely N-dealkylation sites (N-methyl/N-ethyl adjacent to an activating group) is 3. The third kappa shape index (κ3) is 6.54. The molecular weight excluding hydrogens is 320 g/mol. The molecule has 0 aliphatic rings. The first kappa shape index (κ1) is 20.6. The normalized spacial score (nSPS) is 11.6. The minimum atomic E-state index is -0.174. The summed E-state index contributed by atoms with van der Waals surface area (Å²) in [6.07, 6.45) is 0. The van der Waals surface area contributed by atoms with Crippen molar-refractivity contribution in [2.24, 2.45) is 0 Å². The molecule has 0 aliphatic carbocycles. The molecule has 0 aliphatic heterocycles. The highest BCUT2D eigenvalue weighted by molar-refractivity contribution is 5.92. The third-order valence-corrected chi connectivity index (χ3v) is 4.09. The van der Waals surface area contributed by atoms with Gasteiger partial charge in [0.05, 0.1) is 13.6 Å². The number of quaternary nitrogens is 1. The third-order valence-electron chi connectivity index (χ3n) is 4.09. The molecule has 0 saturated carbocycles. The molecule has 3 amide bonds. The Labute approximate surface area is 149 Å². The zero-order valence-corrected chi connectivity index (χ0v) is 16.0. The van der Waals surface area contributed by atoms with E-state index in [0.29, 0.717) is 0 Å². The van der Waals surface area contributed by atoms with Gasteiger partial charge in [-0.15, -0.1) is 0 Å². The quantitative estimate of drug-likeness (QED) is 0.684. The van der Waals surface area contributed by atoms with Crippen LogP contribution in [0.2, 0.25) is 0 Å². The molecule has 2 N–H and O–H groups in total. The summed E-state index contributed by atoms with van der Waals surface area (Å²) in [5, 5.41) is 2.89. The Hall–Kier alpha value is -2.41. The van der Waals surface area contributed by atoms with Gasteiger partial charge in [0.15, 0.2) is 13.1 Å². The van der Waals surface area contributed by atoms with Gasteiger partial charge in [-0.05, 0) is 31.0 Å². The Balaban J connectivity index is 2.51. The van der Waals surface area contributed by atoms with Gasteiger partial charge in [0.2, 0.25) is 5.91 Å². The number of benzene rings is 1. The van der Waals surface area contributed by atoms with Crippen LogP contribution in [0.15, 0.2) is 18.2 Å². The molecule has 0 saturated heterocycles. The van der Waals surface area contributed by atoms with Crippen molar-refractivity contribution in [3.63, 3.8) is 0 Å². The maximum absolute atomic E-state index is 12.2. The molecule has 0 heterocycles. The summed E-state index contributed by atoms with van der Waals surface area (Å²) in [5.74, 6) is -0.459. The number of hydrogen-bond acceptors (Lipinski definition) is 3. The first-order valence-corrected chi connectivity index (χ1v) is 8.23. The number of rotatable bonds is 7. The van der Waals surface area contributed by atoms with Gasteiger partial charge in [-0.3, -0.25) is 14.4 Å². The van der Waals surface area contributed by atoms with E-state index in [1.54, 1.807) is 28.2 Å². The topological polar surface area (TPSA) is 74.2 Å². The van der Waals surface area contributed by atoms with Gasteiger partial charge in [-0.1, -0.05) is 12.1 Å². The van der Waals surface area contributed by atoms with E-state index in [2.05, 4.69) is 5.32 Å². The number of hydrogen-bond donors (Lipinski definition) is 2. The molecule has 0 bridgehead atoms. The van der Waals surface area contributed by atoms with Crippen LogP contribution in [-0.2, 0) is 14.4 Å². The summed E-state index contributed by atoms with van der Waals surface area (Å²) >= 11 is 0. The number of nitrogens with zero attached hydrogens (tertiary/aromatic N) is 2. The molecule has 1 unspecified atom stereocenters. The van der Waals surface area contributed by atoms with Gasteiger partial charge in [-0.25, -0.2) is 0 Å². The van der Waals surface area contributed by atoms with E-state index in [-0.39, 0.29) is 37.4 Å². The maximum Gasteiger partial charge on any atom is 0.279 e. The maximum atomic E-state index is 12.2. The fourth-order valence-corrected chi connectivity index (χ4v) is 2.24. The van der Waals surface area contributed by atoms with Gasteiger partial charge >= 0.3 is 0 Å². The second kappa shape index (κ2) is 9.17. The van der Waals surface area contributed by atoms with Crippen molar-refractivity contribution in [1.82, 2.24) is 9.80 Å². The first-order chi connectivity index (χ1) is 11.6. The summed E-state index contributed by atoms with van der Waals surface area (Å²) in [4.78, 5) is 39.6. The molecule has 0 aromatic heterocycles. The monoisotopic (exact) mass is 349 g/mol. The lowest BCUT2D eigenvalue weighted by Gasteiger charge is -2.21. The molecule has 25 heavy (non-hydrogen) atoms. The molecule has 7 nitrogen and oxygen atoms in total. The number of aryl methyl sites for hydroxylation is 1. The largest absolute Gasteiger partial charge is 0.347 e. The Morgan fingerprint density at radius 3 is 2.28 bits per heavy atom. The summed E-state index contributed by atoms with van der Waals surface area (Å²) in [6, 6.07) is 5.75. The number of amides is 3. The lowest BCUT2D eigenvalue weighted by atomic mass is 10.1.